The van der Waals surface area contributed by atoms with Gasteiger partial charge in [-0.25, -0.2) is 0 Å². The first-order valence-electron chi connectivity index (χ1n) is 6.14. The van der Waals surface area contributed by atoms with E-state index < -0.39 is 4.92 Å². The third kappa shape index (κ3) is 2.80. The molecule has 1 aliphatic carbocycles. The second-order valence-electron chi connectivity index (χ2n) is 4.75. The summed E-state index contributed by atoms with van der Waals surface area (Å²) in [5, 5.41) is 14.3. The molecular weight excluding hydrogens is 298 g/mol. The first-order valence-corrected chi connectivity index (χ1v) is 6.93. The standard InChI is InChI=1S/C12H16BrN3O2/c1-8(9-4-2-3-5-9)15-12-10(13)6-14-7-11(12)16(17)18/h6-9H,2-5H2,1H3,(H,14,15). The summed E-state index contributed by atoms with van der Waals surface area (Å²) >= 11 is 3.32. The van der Waals surface area contributed by atoms with E-state index in [1.807, 2.05) is 0 Å². The molecule has 1 N–H and O–H groups in total. The Labute approximate surface area is 114 Å². The van der Waals surface area contributed by atoms with E-state index in [1.54, 1.807) is 6.20 Å². The van der Waals surface area contributed by atoms with Crippen molar-refractivity contribution in [3.63, 3.8) is 0 Å². The van der Waals surface area contributed by atoms with Crippen molar-refractivity contribution in [2.45, 2.75) is 38.6 Å². The van der Waals surface area contributed by atoms with Gasteiger partial charge in [-0.3, -0.25) is 15.1 Å². The monoisotopic (exact) mass is 313 g/mol. The van der Waals surface area contributed by atoms with Crippen LogP contribution in [-0.4, -0.2) is 15.9 Å². The normalized spacial score (nSPS) is 17.7. The zero-order valence-electron chi connectivity index (χ0n) is 10.2. The van der Waals surface area contributed by atoms with E-state index >= 15 is 0 Å². The zero-order chi connectivity index (χ0) is 13.1. The summed E-state index contributed by atoms with van der Waals surface area (Å²) in [6.45, 7) is 2.09. The first-order chi connectivity index (χ1) is 8.59. The van der Waals surface area contributed by atoms with E-state index in [1.165, 1.54) is 31.9 Å². The minimum atomic E-state index is -0.401. The molecule has 1 saturated carbocycles. The Morgan fingerprint density at radius 1 is 1.50 bits per heavy atom. The van der Waals surface area contributed by atoms with Crippen LogP contribution < -0.4 is 5.32 Å². The molecule has 1 heterocycles. The van der Waals surface area contributed by atoms with E-state index in [0.717, 1.165) is 0 Å². The zero-order valence-corrected chi connectivity index (χ0v) is 11.8. The molecule has 0 bridgehead atoms. The van der Waals surface area contributed by atoms with Crippen molar-refractivity contribution in [1.29, 1.82) is 0 Å². The summed E-state index contributed by atoms with van der Waals surface area (Å²) in [5.41, 5.74) is 0.559. The van der Waals surface area contributed by atoms with Gasteiger partial charge in [-0.15, -0.1) is 0 Å². The van der Waals surface area contributed by atoms with Gasteiger partial charge in [0.2, 0.25) is 0 Å². The number of hydrogen-bond donors (Lipinski definition) is 1. The molecule has 0 radical (unpaired) electrons. The second kappa shape index (κ2) is 5.65. The lowest BCUT2D eigenvalue weighted by molar-refractivity contribution is -0.384. The maximum Gasteiger partial charge on any atom is 0.311 e. The van der Waals surface area contributed by atoms with Crippen LogP contribution in [0.4, 0.5) is 11.4 Å². The fourth-order valence-corrected chi connectivity index (χ4v) is 2.94. The highest BCUT2D eigenvalue weighted by Gasteiger charge is 2.25. The molecule has 1 fully saturated rings. The molecule has 1 aromatic heterocycles. The van der Waals surface area contributed by atoms with Crippen molar-refractivity contribution in [2.24, 2.45) is 5.92 Å². The predicted octanol–water partition coefficient (Wildman–Crippen LogP) is 3.74. The molecule has 6 heteroatoms. The van der Waals surface area contributed by atoms with Crippen molar-refractivity contribution in [2.75, 3.05) is 5.32 Å². The fourth-order valence-electron chi connectivity index (χ4n) is 2.51. The number of aromatic nitrogens is 1. The molecular formula is C12H16BrN3O2. The molecule has 0 amide bonds. The molecule has 0 aromatic carbocycles. The summed E-state index contributed by atoms with van der Waals surface area (Å²) < 4.78 is 0.640. The minimum Gasteiger partial charge on any atom is -0.376 e. The minimum absolute atomic E-state index is 0.0224. The summed E-state index contributed by atoms with van der Waals surface area (Å²) in [4.78, 5) is 14.4. The molecule has 18 heavy (non-hydrogen) atoms. The summed E-state index contributed by atoms with van der Waals surface area (Å²) in [6, 6.07) is 0.241. The van der Waals surface area contributed by atoms with E-state index in [4.69, 9.17) is 0 Å². The number of pyridine rings is 1. The lowest BCUT2D eigenvalue weighted by Crippen LogP contribution is -2.24. The average Bonchev–Trinajstić information content (AvgIpc) is 2.85. The van der Waals surface area contributed by atoms with Gasteiger partial charge in [0.15, 0.2) is 0 Å². The van der Waals surface area contributed by atoms with Gasteiger partial charge in [-0.1, -0.05) is 12.8 Å². The van der Waals surface area contributed by atoms with Gasteiger partial charge in [-0.05, 0) is 41.6 Å². The molecule has 0 saturated heterocycles. The number of nitro groups is 1. The van der Waals surface area contributed by atoms with Crippen molar-refractivity contribution < 1.29 is 4.92 Å². The molecule has 1 aliphatic rings. The largest absolute Gasteiger partial charge is 0.376 e. The van der Waals surface area contributed by atoms with Crippen LogP contribution in [0.25, 0.3) is 0 Å². The van der Waals surface area contributed by atoms with Crippen molar-refractivity contribution in [1.82, 2.24) is 4.98 Å². The van der Waals surface area contributed by atoms with Gasteiger partial charge in [0, 0.05) is 12.2 Å². The van der Waals surface area contributed by atoms with Gasteiger partial charge in [0.05, 0.1) is 9.40 Å². The highest BCUT2D eigenvalue weighted by Crippen LogP contribution is 2.35. The molecule has 1 aromatic rings. The molecule has 1 atom stereocenters. The van der Waals surface area contributed by atoms with E-state index in [9.17, 15) is 10.1 Å². The lowest BCUT2D eigenvalue weighted by atomic mass is 9.99. The van der Waals surface area contributed by atoms with Gasteiger partial charge in [0.1, 0.15) is 11.9 Å². The van der Waals surface area contributed by atoms with E-state index in [0.29, 0.717) is 16.1 Å². The van der Waals surface area contributed by atoms with Gasteiger partial charge in [0.25, 0.3) is 0 Å². The lowest BCUT2D eigenvalue weighted by Gasteiger charge is -2.21. The first kappa shape index (κ1) is 13.3. The number of hydrogen-bond acceptors (Lipinski definition) is 4. The summed E-state index contributed by atoms with van der Waals surface area (Å²) in [5.74, 6) is 0.602. The second-order valence-corrected chi connectivity index (χ2v) is 5.60. The third-order valence-corrected chi connectivity index (χ3v) is 4.16. The Balaban J connectivity index is 2.19. The summed E-state index contributed by atoms with van der Waals surface area (Å²) in [6.07, 6.45) is 7.78. The van der Waals surface area contributed by atoms with Crippen LogP contribution in [0.2, 0.25) is 0 Å². The van der Waals surface area contributed by atoms with Crippen LogP contribution in [0.1, 0.15) is 32.6 Å². The van der Waals surface area contributed by atoms with Crippen LogP contribution in [0, 0.1) is 16.0 Å². The smallest absolute Gasteiger partial charge is 0.311 e. The Morgan fingerprint density at radius 2 is 2.17 bits per heavy atom. The quantitative estimate of drug-likeness (QED) is 0.679. The molecule has 2 rings (SSSR count). The SMILES string of the molecule is CC(Nc1c(Br)cncc1[N+](=O)[O-])C1CCCC1. The Bertz CT molecular complexity index is 447. The van der Waals surface area contributed by atoms with Gasteiger partial charge < -0.3 is 5.32 Å². The maximum absolute atomic E-state index is 11.0. The van der Waals surface area contributed by atoms with Crippen LogP contribution in [0.3, 0.4) is 0 Å². The molecule has 0 spiro atoms. The van der Waals surface area contributed by atoms with Crippen LogP contribution in [0.5, 0.6) is 0 Å². The van der Waals surface area contributed by atoms with Crippen molar-refractivity contribution >= 4 is 27.3 Å². The molecule has 5 nitrogen and oxygen atoms in total. The predicted molar refractivity (Wildman–Crippen MR) is 73.6 cm³/mol. The molecule has 1 unspecified atom stereocenters. The van der Waals surface area contributed by atoms with Crippen LogP contribution in [0.15, 0.2) is 16.9 Å². The van der Waals surface area contributed by atoms with E-state index in [2.05, 4.69) is 33.2 Å². The number of rotatable bonds is 4. The topological polar surface area (TPSA) is 68.1 Å². The molecule has 0 aliphatic heterocycles. The Kier molecular flexibility index (Phi) is 4.16. The molecule has 98 valence electrons. The van der Waals surface area contributed by atoms with Crippen LogP contribution in [-0.2, 0) is 0 Å². The number of halogens is 1. The summed E-state index contributed by atoms with van der Waals surface area (Å²) in [7, 11) is 0. The Morgan fingerprint density at radius 3 is 2.78 bits per heavy atom. The van der Waals surface area contributed by atoms with Crippen molar-refractivity contribution in [3.8, 4) is 0 Å². The van der Waals surface area contributed by atoms with Crippen LogP contribution >= 0.6 is 15.9 Å². The fraction of sp³-hybridized carbons (Fsp3) is 0.583. The maximum atomic E-state index is 11.0. The average molecular weight is 314 g/mol. The highest BCUT2D eigenvalue weighted by molar-refractivity contribution is 9.10. The number of anilines is 1. The Hall–Kier alpha value is -1.17. The number of nitrogens with one attached hydrogen (secondary N) is 1. The van der Waals surface area contributed by atoms with Gasteiger partial charge >= 0.3 is 5.69 Å². The number of nitrogens with zero attached hydrogens (tertiary/aromatic N) is 2. The highest BCUT2D eigenvalue weighted by atomic mass is 79.9. The van der Waals surface area contributed by atoms with Crippen molar-refractivity contribution in [3.05, 3.63) is 27.0 Å². The van der Waals surface area contributed by atoms with E-state index in [-0.39, 0.29) is 11.7 Å². The third-order valence-electron chi connectivity index (χ3n) is 3.56. The van der Waals surface area contributed by atoms with Gasteiger partial charge in [-0.2, -0.15) is 0 Å².